The van der Waals surface area contributed by atoms with Gasteiger partial charge in [0.2, 0.25) is 0 Å². The third kappa shape index (κ3) is 3.84. The topological polar surface area (TPSA) is 29.3 Å². The SMILES string of the molecule is Cl.NCC1CCCN1Cc1ccc(F)cc1C(F)(F)F. The lowest BCUT2D eigenvalue weighted by Gasteiger charge is -2.24. The first-order valence-electron chi connectivity index (χ1n) is 6.21. The molecule has 0 aliphatic carbocycles. The van der Waals surface area contributed by atoms with Crippen LogP contribution >= 0.6 is 12.4 Å². The van der Waals surface area contributed by atoms with Crippen LogP contribution in [0.4, 0.5) is 17.6 Å². The Bertz CT molecular complexity index is 450. The van der Waals surface area contributed by atoms with Crippen LogP contribution in [0.2, 0.25) is 0 Å². The molecule has 1 saturated heterocycles. The second-order valence-corrected chi connectivity index (χ2v) is 4.80. The van der Waals surface area contributed by atoms with Crippen LogP contribution in [0.1, 0.15) is 24.0 Å². The standard InChI is InChI=1S/C13H16F4N2.ClH/c14-10-4-3-9(12(6-10)13(15,16)17)8-19-5-1-2-11(19)7-18;/h3-4,6,11H,1-2,5,7-8,18H2;1H. The molecule has 114 valence electrons. The summed E-state index contributed by atoms with van der Waals surface area (Å²) in [6.07, 6.45) is -2.70. The number of benzene rings is 1. The van der Waals surface area contributed by atoms with Crippen molar-refractivity contribution in [1.29, 1.82) is 0 Å². The van der Waals surface area contributed by atoms with Crippen molar-refractivity contribution in [2.24, 2.45) is 5.73 Å². The highest BCUT2D eigenvalue weighted by molar-refractivity contribution is 5.85. The van der Waals surface area contributed by atoms with E-state index in [0.717, 1.165) is 25.5 Å². The van der Waals surface area contributed by atoms with Gasteiger partial charge in [0.1, 0.15) is 5.82 Å². The van der Waals surface area contributed by atoms with Crippen LogP contribution in [0, 0.1) is 5.82 Å². The molecule has 1 aromatic rings. The average molecular weight is 313 g/mol. The minimum Gasteiger partial charge on any atom is -0.329 e. The predicted octanol–water partition coefficient (Wildman–Crippen LogP) is 3.19. The zero-order valence-electron chi connectivity index (χ0n) is 10.8. The van der Waals surface area contributed by atoms with Crippen molar-refractivity contribution in [2.75, 3.05) is 13.1 Å². The van der Waals surface area contributed by atoms with E-state index >= 15 is 0 Å². The van der Waals surface area contributed by atoms with E-state index in [1.807, 2.05) is 4.90 Å². The second kappa shape index (κ2) is 6.74. The molecular weight excluding hydrogens is 296 g/mol. The molecule has 1 atom stereocenters. The summed E-state index contributed by atoms with van der Waals surface area (Å²) in [5, 5.41) is 0. The van der Waals surface area contributed by atoms with Crippen molar-refractivity contribution in [3.63, 3.8) is 0 Å². The van der Waals surface area contributed by atoms with Crippen molar-refractivity contribution in [1.82, 2.24) is 4.90 Å². The molecule has 0 spiro atoms. The third-order valence-electron chi connectivity index (χ3n) is 3.52. The van der Waals surface area contributed by atoms with E-state index in [-0.39, 0.29) is 30.6 Å². The maximum atomic E-state index is 13.0. The monoisotopic (exact) mass is 312 g/mol. The van der Waals surface area contributed by atoms with Crippen molar-refractivity contribution >= 4 is 12.4 Å². The smallest absolute Gasteiger partial charge is 0.329 e. The number of nitrogens with two attached hydrogens (primary N) is 1. The lowest BCUT2D eigenvalue weighted by atomic mass is 10.1. The van der Waals surface area contributed by atoms with Crippen LogP contribution in [0.3, 0.4) is 0 Å². The summed E-state index contributed by atoms with van der Waals surface area (Å²) in [6, 6.07) is 2.96. The number of hydrogen-bond donors (Lipinski definition) is 1. The molecule has 1 aromatic carbocycles. The summed E-state index contributed by atoms with van der Waals surface area (Å²) < 4.78 is 51.6. The molecular formula is C13H17ClF4N2. The first-order chi connectivity index (χ1) is 8.91. The third-order valence-corrected chi connectivity index (χ3v) is 3.52. The lowest BCUT2D eigenvalue weighted by molar-refractivity contribution is -0.138. The van der Waals surface area contributed by atoms with Crippen molar-refractivity contribution < 1.29 is 17.6 Å². The molecule has 0 aromatic heterocycles. The van der Waals surface area contributed by atoms with Gasteiger partial charge in [0.25, 0.3) is 0 Å². The van der Waals surface area contributed by atoms with Gasteiger partial charge in [0.15, 0.2) is 0 Å². The summed E-state index contributed by atoms with van der Waals surface area (Å²) in [5.41, 5.74) is 4.81. The van der Waals surface area contributed by atoms with Crippen LogP contribution in [-0.4, -0.2) is 24.0 Å². The average Bonchev–Trinajstić information content (AvgIpc) is 2.77. The molecule has 1 heterocycles. The zero-order valence-corrected chi connectivity index (χ0v) is 11.6. The summed E-state index contributed by atoms with van der Waals surface area (Å²) in [6.45, 7) is 1.33. The van der Waals surface area contributed by atoms with E-state index in [1.165, 1.54) is 6.07 Å². The van der Waals surface area contributed by atoms with E-state index in [4.69, 9.17) is 5.73 Å². The van der Waals surface area contributed by atoms with Crippen LogP contribution in [0.15, 0.2) is 18.2 Å². The maximum absolute atomic E-state index is 13.0. The van der Waals surface area contributed by atoms with Crippen LogP contribution in [0.5, 0.6) is 0 Å². The minimum absolute atomic E-state index is 0. The van der Waals surface area contributed by atoms with Gasteiger partial charge in [-0.05, 0) is 37.1 Å². The van der Waals surface area contributed by atoms with Crippen LogP contribution in [0.25, 0.3) is 0 Å². The summed E-state index contributed by atoms with van der Waals surface area (Å²) in [7, 11) is 0. The normalized spacial score (nSPS) is 19.9. The Kier molecular flexibility index (Phi) is 5.79. The number of likely N-dealkylation sites (tertiary alicyclic amines) is 1. The van der Waals surface area contributed by atoms with Gasteiger partial charge < -0.3 is 5.73 Å². The van der Waals surface area contributed by atoms with E-state index < -0.39 is 17.6 Å². The quantitative estimate of drug-likeness (QED) is 0.869. The molecule has 20 heavy (non-hydrogen) atoms. The molecule has 1 aliphatic heterocycles. The highest BCUT2D eigenvalue weighted by Crippen LogP contribution is 2.34. The predicted molar refractivity (Wildman–Crippen MR) is 71.1 cm³/mol. The van der Waals surface area contributed by atoms with Crippen molar-refractivity contribution in [2.45, 2.75) is 31.6 Å². The maximum Gasteiger partial charge on any atom is 0.416 e. The zero-order chi connectivity index (χ0) is 14.0. The molecule has 1 fully saturated rings. The van der Waals surface area contributed by atoms with Gasteiger partial charge in [0.05, 0.1) is 5.56 Å². The van der Waals surface area contributed by atoms with Crippen LogP contribution < -0.4 is 5.73 Å². The van der Waals surface area contributed by atoms with Crippen molar-refractivity contribution in [3.05, 3.63) is 35.1 Å². The largest absolute Gasteiger partial charge is 0.416 e. The summed E-state index contributed by atoms with van der Waals surface area (Å²) in [5.74, 6) is -0.868. The fourth-order valence-corrected chi connectivity index (χ4v) is 2.54. The van der Waals surface area contributed by atoms with E-state index in [2.05, 4.69) is 0 Å². The summed E-state index contributed by atoms with van der Waals surface area (Å²) in [4.78, 5) is 1.93. The van der Waals surface area contributed by atoms with Gasteiger partial charge >= 0.3 is 6.18 Å². The Labute approximate surface area is 121 Å². The van der Waals surface area contributed by atoms with Gasteiger partial charge in [0, 0.05) is 19.1 Å². The molecule has 1 unspecified atom stereocenters. The molecule has 2 rings (SSSR count). The molecule has 7 heteroatoms. The Balaban J connectivity index is 0.00000200. The first-order valence-corrected chi connectivity index (χ1v) is 6.21. The first kappa shape index (κ1) is 17.2. The van der Waals surface area contributed by atoms with Gasteiger partial charge in [-0.3, -0.25) is 4.90 Å². The number of hydrogen-bond acceptors (Lipinski definition) is 2. The highest BCUT2D eigenvalue weighted by atomic mass is 35.5. The molecule has 2 nitrogen and oxygen atoms in total. The van der Waals surface area contributed by atoms with E-state index in [1.54, 1.807) is 0 Å². The van der Waals surface area contributed by atoms with Gasteiger partial charge in [-0.15, -0.1) is 12.4 Å². The molecule has 0 amide bonds. The van der Waals surface area contributed by atoms with Gasteiger partial charge in [-0.2, -0.15) is 13.2 Å². The Morgan fingerprint density at radius 2 is 2.00 bits per heavy atom. The van der Waals surface area contributed by atoms with Gasteiger partial charge in [-0.1, -0.05) is 6.07 Å². The number of halogens is 5. The number of rotatable bonds is 3. The Morgan fingerprint density at radius 1 is 1.30 bits per heavy atom. The van der Waals surface area contributed by atoms with Crippen molar-refractivity contribution in [3.8, 4) is 0 Å². The number of alkyl halides is 3. The highest BCUT2D eigenvalue weighted by Gasteiger charge is 2.35. The molecule has 0 radical (unpaired) electrons. The summed E-state index contributed by atoms with van der Waals surface area (Å²) >= 11 is 0. The fourth-order valence-electron chi connectivity index (χ4n) is 2.54. The van der Waals surface area contributed by atoms with E-state index in [9.17, 15) is 17.6 Å². The minimum atomic E-state index is -4.53. The lowest BCUT2D eigenvalue weighted by Crippen LogP contribution is -2.35. The van der Waals surface area contributed by atoms with E-state index in [0.29, 0.717) is 12.6 Å². The molecule has 0 bridgehead atoms. The molecule has 2 N–H and O–H groups in total. The number of nitrogens with zero attached hydrogens (tertiary/aromatic N) is 1. The Hall–Kier alpha value is -0.850. The van der Waals surface area contributed by atoms with Crippen LogP contribution in [-0.2, 0) is 12.7 Å². The molecule has 0 saturated carbocycles. The molecule has 1 aliphatic rings. The second-order valence-electron chi connectivity index (χ2n) is 4.80. The Morgan fingerprint density at radius 3 is 2.60 bits per heavy atom. The van der Waals surface area contributed by atoms with Gasteiger partial charge in [-0.25, -0.2) is 4.39 Å². The fraction of sp³-hybridized carbons (Fsp3) is 0.538.